The summed E-state index contributed by atoms with van der Waals surface area (Å²) in [5.41, 5.74) is 1.44. The van der Waals surface area contributed by atoms with Crippen LogP contribution in [0.25, 0.3) is 0 Å². The van der Waals surface area contributed by atoms with Gasteiger partial charge in [-0.3, -0.25) is 9.59 Å². The number of allylic oxidation sites excluding steroid dienone is 2. The summed E-state index contributed by atoms with van der Waals surface area (Å²) in [6.07, 6.45) is -0.0251. The van der Waals surface area contributed by atoms with E-state index >= 15 is 0 Å². The van der Waals surface area contributed by atoms with Gasteiger partial charge >= 0.3 is 0 Å². The van der Waals surface area contributed by atoms with Crippen LogP contribution in [0, 0.1) is 0 Å². The number of ether oxygens (including phenoxy) is 1. The Labute approximate surface area is 160 Å². The van der Waals surface area contributed by atoms with Gasteiger partial charge in [0.25, 0.3) is 0 Å². The maximum Gasteiger partial charge on any atom is 0.237 e. The van der Waals surface area contributed by atoms with Crippen LogP contribution < -0.4 is 4.74 Å². The molecule has 1 aliphatic carbocycles. The fraction of sp³-hybridized carbons (Fsp3) is 0.100. The summed E-state index contributed by atoms with van der Waals surface area (Å²) in [6.45, 7) is 0.243. The van der Waals surface area contributed by atoms with E-state index < -0.39 is 23.1 Å². The number of rotatable bonds is 5. The Hall–Kier alpha value is -3.19. The van der Waals surface area contributed by atoms with Crippen molar-refractivity contribution in [3.8, 4) is 11.5 Å². The highest BCUT2D eigenvalue weighted by Gasteiger charge is 2.33. The number of carbonyl (C=O) groups excluding carboxylic acids is 2. The Balaban J connectivity index is 1.82. The van der Waals surface area contributed by atoms with Crippen molar-refractivity contribution < 1.29 is 29.6 Å². The molecule has 3 rings (SSSR count). The number of phenols is 1. The molecule has 0 unspecified atom stereocenters. The Morgan fingerprint density at radius 2 is 1.52 bits per heavy atom. The molecule has 0 saturated heterocycles. The van der Waals surface area contributed by atoms with Gasteiger partial charge in [-0.2, -0.15) is 0 Å². The molecule has 27 heavy (non-hydrogen) atoms. The number of aliphatic hydroxyl groups excluding tert-OH is 2. The topological polar surface area (TPSA) is 104 Å². The lowest BCUT2D eigenvalue weighted by molar-refractivity contribution is -0.119. The average molecular weight is 384 g/mol. The van der Waals surface area contributed by atoms with E-state index in [1.165, 1.54) is 6.07 Å². The Morgan fingerprint density at radius 3 is 2.22 bits per heavy atom. The number of benzene rings is 2. The molecule has 6 nitrogen and oxygen atoms in total. The predicted molar refractivity (Wildman–Crippen MR) is 101 cm³/mol. The lowest BCUT2D eigenvalue weighted by atomic mass is 9.94. The van der Waals surface area contributed by atoms with E-state index in [-0.39, 0.29) is 35.0 Å². The van der Waals surface area contributed by atoms with Crippen LogP contribution in [0.3, 0.4) is 0 Å². The lowest BCUT2D eigenvalue weighted by Gasteiger charge is -2.16. The number of thiol groups is 1. The van der Waals surface area contributed by atoms with Crippen molar-refractivity contribution in [3.05, 3.63) is 81.7 Å². The van der Waals surface area contributed by atoms with Gasteiger partial charge in [-0.1, -0.05) is 36.4 Å². The number of Topliss-reactive ketones (excluding diaryl/α,β-unsaturated/α-hetero) is 2. The highest BCUT2D eigenvalue weighted by Crippen LogP contribution is 2.31. The van der Waals surface area contributed by atoms with Crippen LogP contribution in [0.1, 0.15) is 11.1 Å². The number of ketones is 2. The Morgan fingerprint density at radius 1 is 0.852 bits per heavy atom. The summed E-state index contributed by atoms with van der Waals surface area (Å²) in [7, 11) is 0. The summed E-state index contributed by atoms with van der Waals surface area (Å²) in [6, 6.07) is 13.9. The van der Waals surface area contributed by atoms with Gasteiger partial charge in [-0.25, -0.2) is 0 Å². The molecule has 138 valence electrons. The van der Waals surface area contributed by atoms with E-state index in [0.29, 0.717) is 5.56 Å². The molecule has 2 aromatic carbocycles. The molecule has 0 saturated carbocycles. The molecule has 0 amide bonds. The van der Waals surface area contributed by atoms with Crippen LogP contribution >= 0.6 is 12.6 Å². The third kappa shape index (κ3) is 3.83. The lowest BCUT2D eigenvalue weighted by Crippen LogP contribution is -2.23. The first-order valence-corrected chi connectivity index (χ1v) is 8.45. The number of aliphatic hydroxyl groups is 2. The molecule has 0 spiro atoms. The van der Waals surface area contributed by atoms with Gasteiger partial charge in [0.2, 0.25) is 23.1 Å². The molecule has 2 aromatic rings. The highest BCUT2D eigenvalue weighted by atomic mass is 32.1. The quantitative estimate of drug-likeness (QED) is 0.466. The van der Waals surface area contributed by atoms with Crippen LogP contribution in [-0.4, -0.2) is 26.9 Å². The van der Waals surface area contributed by atoms with Crippen LogP contribution in [0.2, 0.25) is 0 Å². The molecular formula is C20H16O6S. The minimum absolute atomic E-state index is 0.0251. The number of phenolic OH excluding ortho intramolecular Hbond substituents is 1. The monoisotopic (exact) mass is 384 g/mol. The highest BCUT2D eigenvalue weighted by molar-refractivity contribution is 7.85. The fourth-order valence-corrected chi connectivity index (χ4v) is 2.89. The second-order valence-electron chi connectivity index (χ2n) is 5.94. The SMILES string of the molecule is O=C1C(O)=C(O)C(=O)C(Cc2ccc(O)c(OCc3ccccc3)c2)=C1S. The number of hydrogen-bond donors (Lipinski definition) is 4. The maximum atomic E-state index is 12.2. The normalized spacial score (nSPS) is 14.7. The number of carbonyl (C=O) groups is 2. The van der Waals surface area contributed by atoms with Crippen LogP contribution in [-0.2, 0) is 22.6 Å². The molecule has 0 atom stereocenters. The zero-order valence-corrected chi connectivity index (χ0v) is 14.9. The van der Waals surface area contributed by atoms with Crippen LogP contribution in [0.4, 0.5) is 0 Å². The molecule has 1 aliphatic rings. The first-order valence-electron chi connectivity index (χ1n) is 8.00. The predicted octanol–water partition coefficient (Wildman–Crippen LogP) is 3.18. The zero-order valence-electron chi connectivity index (χ0n) is 14.0. The maximum absolute atomic E-state index is 12.2. The van der Waals surface area contributed by atoms with Gasteiger partial charge in [-0.05, 0) is 23.3 Å². The van der Waals surface area contributed by atoms with Gasteiger partial charge in [0.05, 0.1) is 4.91 Å². The van der Waals surface area contributed by atoms with Gasteiger partial charge in [0, 0.05) is 12.0 Å². The Bertz CT molecular complexity index is 975. The number of hydrogen-bond acceptors (Lipinski definition) is 7. The van der Waals surface area contributed by atoms with Gasteiger partial charge < -0.3 is 20.1 Å². The summed E-state index contributed by atoms with van der Waals surface area (Å²) >= 11 is 4.00. The summed E-state index contributed by atoms with van der Waals surface area (Å²) in [4.78, 5) is 23.8. The van der Waals surface area contributed by atoms with Crippen LogP contribution in [0.5, 0.6) is 11.5 Å². The van der Waals surface area contributed by atoms with Crippen molar-refractivity contribution in [1.29, 1.82) is 0 Å². The summed E-state index contributed by atoms with van der Waals surface area (Å²) in [5, 5.41) is 29.1. The third-order valence-corrected chi connectivity index (χ3v) is 4.54. The minimum atomic E-state index is -1.01. The van der Waals surface area contributed by atoms with Gasteiger partial charge in [0.15, 0.2) is 11.5 Å². The van der Waals surface area contributed by atoms with E-state index in [1.807, 2.05) is 30.3 Å². The van der Waals surface area contributed by atoms with E-state index in [9.17, 15) is 24.9 Å². The Kier molecular flexibility index (Phi) is 5.23. The largest absolute Gasteiger partial charge is 0.504 e. The van der Waals surface area contributed by atoms with E-state index in [1.54, 1.807) is 12.1 Å². The van der Waals surface area contributed by atoms with E-state index in [0.717, 1.165) is 5.56 Å². The van der Waals surface area contributed by atoms with Gasteiger partial charge in [-0.15, -0.1) is 12.6 Å². The van der Waals surface area contributed by atoms with E-state index in [4.69, 9.17) is 4.74 Å². The minimum Gasteiger partial charge on any atom is -0.504 e. The first-order chi connectivity index (χ1) is 12.9. The van der Waals surface area contributed by atoms with Gasteiger partial charge in [0.1, 0.15) is 6.61 Å². The summed E-state index contributed by atoms with van der Waals surface area (Å²) in [5.74, 6) is -3.63. The molecule has 0 bridgehead atoms. The second-order valence-corrected chi connectivity index (χ2v) is 6.38. The van der Waals surface area contributed by atoms with Crippen LogP contribution in [0.15, 0.2) is 70.5 Å². The molecule has 0 aromatic heterocycles. The molecule has 0 aliphatic heterocycles. The van der Waals surface area contributed by atoms with Crippen molar-refractivity contribution in [3.63, 3.8) is 0 Å². The van der Waals surface area contributed by atoms with Crippen molar-refractivity contribution in [2.24, 2.45) is 0 Å². The number of aromatic hydroxyl groups is 1. The zero-order chi connectivity index (χ0) is 19.6. The van der Waals surface area contributed by atoms with Crippen molar-refractivity contribution in [2.45, 2.75) is 13.0 Å². The smallest absolute Gasteiger partial charge is 0.237 e. The summed E-state index contributed by atoms with van der Waals surface area (Å²) < 4.78 is 5.63. The standard InChI is InChI=1S/C20H16O6S/c21-14-7-6-12(9-15(14)26-10-11-4-2-1-3-5-11)8-13-16(22)17(23)18(24)19(25)20(13)27/h1-7,9,21,23-24,27H,8,10H2. The van der Waals surface area contributed by atoms with E-state index in [2.05, 4.69) is 12.6 Å². The van der Waals surface area contributed by atoms with Crippen molar-refractivity contribution >= 4 is 24.2 Å². The van der Waals surface area contributed by atoms with Crippen molar-refractivity contribution in [2.75, 3.05) is 0 Å². The molecule has 0 fully saturated rings. The molecule has 7 heteroatoms. The molecule has 0 heterocycles. The molecule has 0 radical (unpaired) electrons. The molecular weight excluding hydrogens is 368 g/mol. The molecule has 3 N–H and O–H groups in total. The fourth-order valence-electron chi connectivity index (χ4n) is 2.60. The third-order valence-electron chi connectivity index (χ3n) is 4.07. The first kappa shape index (κ1) is 18.6. The second kappa shape index (κ2) is 7.59. The van der Waals surface area contributed by atoms with Crippen molar-refractivity contribution in [1.82, 2.24) is 0 Å². The average Bonchev–Trinajstić information content (AvgIpc) is 2.69.